The summed E-state index contributed by atoms with van der Waals surface area (Å²) < 4.78 is 0. The molecule has 1 aliphatic heterocycles. The zero-order valence-corrected chi connectivity index (χ0v) is 11.6. The summed E-state index contributed by atoms with van der Waals surface area (Å²) in [5.41, 5.74) is 0. The first-order valence-corrected chi connectivity index (χ1v) is 6.61. The Kier molecular flexibility index (Phi) is 5.59. The average molecular weight is 256 g/mol. The molecule has 1 saturated heterocycles. The summed E-state index contributed by atoms with van der Waals surface area (Å²) in [6, 6.07) is 0.206. The first-order valence-electron chi connectivity index (χ1n) is 6.61. The number of carbonyl (C=O) groups excluding carboxylic acids is 1. The van der Waals surface area contributed by atoms with Crippen molar-refractivity contribution in [2.24, 2.45) is 5.92 Å². The highest BCUT2D eigenvalue weighted by atomic mass is 16.4. The Morgan fingerprint density at radius 2 is 2.11 bits per heavy atom. The Morgan fingerprint density at radius 1 is 1.44 bits per heavy atom. The lowest BCUT2D eigenvalue weighted by Crippen LogP contribution is -2.45. The Hall–Kier alpha value is -1.10. The molecule has 1 aliphatic rings. The minimum atomic E-state index is -0.775. The van der Waals surface area contributed by atoms with Crippen LogP contribution in [0.1, 0.15) is 33.6 Å². The van der Waals surface area contributed by atoms with Crippen LogP contribution < -0.4 is 0 Å². The standard InChI is InChI=1S/C13H24N2O3/c1-10(2)15(11(3)16)8-12-5-4-6-14(7-12)9-13(17)18/h10,12H,4-9H2,1-3H3,(H,17,18). The molecule has 18 heavy (non-hydrogen) atoms. The maximum atomic E-state index is 11.5. The summed E-state index contributed by atoms with van der Waals surface area (Å²) in [5, 5.41) is 8.80. The number of nitrogens with zero attached hydrogens (tertiary/aromatic N) is 2. The lowest BCUT2D eigenvalue weighted by molar-refractivity contribution is -0.139. The van der Waals surface area contributed by atoms with Crippen LogP contribution in [0.2, 0.25) is 0 Å². The van der Waals surface area contributed by atoms with Gasteiger partial charge in [-0.05, 0) is 39.2 Å². The lowest BCUT2D eigenvalue weighted by Gasteiger charge is -2.36. The lowest BCUT2D eigenvalue weighted by atomic mass is 9.97. The monoisotopic (exact) mass is 256 g/mol. The van der Waals surface area contributed by atoms with E-state index in [1.54, 1.807) is 6.92 Å². The van der Waals surface area contributed by atoms with Crippen LogP contribution in [0, 0.1) is 5.92 Å². The number of rotatable bonds is 5. The van der Waals surface area contributed by atoms with Crippen molar-refractivity contribution in [3.63, 3.8) is 0 Å². The molecule has 1 fully saturated rings. The van der Waals surface area contributed by atoms with Crippen molar-refractivity contribution in [2.45, 2.75) is 39.7 Å². The minimum Gasteiger partial charge on any atom is -0.480 e. The number of piperidine rings is 1. The molecular weight excluding hydrogens is 232 g/mol. The zero-order valence-electron chi connectivity index (χ0n) is 11.6. The van der Waals surface area contributed by atoms with E-state index in [1.807, 2.05) is 23.6 Å². The molecule has 1 unspecified atom stereocenters. The fourth-order valence-corrected chi connectivity index (χ4v) is 2.62. The predicted molar refractivity (Wildman–Crippen MR) is 69.3 cm³/mol. The third-order valence-corrected chi connectivity index (χ3v) is 3.44. The molecule has 0 saturated carbocycles. The second kappa shape index (κ2) is 6.73. The molecule has 0 aliphatic carbocycles. The third kappa shape index (κ3) is 4.64. The van der Waals surface area contributed by atoms with Gasteiger partial charge in [-0.25, -0.2) is 0 Å². The van der Waals surface area contributed by atoms with Crippen LogP contribution in [-0.4, -0.2) is 59.0 Å². The van der Waals surface area contributed by atoms with Crippen LogP contribution in [0.15, 0.2) is 0 Å². The van der Waals surface area contributed by atoms with E-state index in [0.717, 1.165) is 32.5 Å². The van der Waals surface area contributed by atoms with Gasteiger partial charge in [-0.15, -0.1) is 0 Å². The number of carboxylic acid groups (broad SMARTS) is 1. The number of carboxylic acids is 1. The smallest absolute Gasteiger partial charge is 0.317 e. The molecule has 1 amide bonds. The van der Waals surface area contributed by atoms with Crippen LogP contribution in [0.5, 0.6) is 0 Å². The van der Waals surface area contributed by atoms with Crippen LogP contribution >= 0.6 is 0 Å². The number of carbonyl (C=O) groups is 2. The summed E-state index contributed by atoms with van der Waals surface area (Å²) in [6.07, 6.45) is 2.09. The van der Waals surface area contributed by atoms with Crippen LogP contribution in [0.3, 0.4) is 0 Å². The first kappa shape index (κ1) is 15.0. The molecule has 0 spiro atoms. The van der Waals surface area contributed by atoms with Crippen molar-refractivity contribution in [2.75, 3.05) is 26.2 Å². The number of likely N-dealkylation sites (tertiary alicyclic amines) is 1. The van der Waals surface area contributed by atoms with Gasteiger partial charge in [0.2, 0.25) is 5.91 Å². The number of hydrogen-bond acceptors (Lipinski definition) is 3. The Balaban J connectivity index is 2.50. The van der Waals surface area contributed by atoms with Gasteiger partial charge in [-0.3, -0.25) is 14.5 Å². The highest BCUT2D eigenvalue weighted by molar-refractivity contribution is 5.73. The van der Waals surface area contributed by atoms with E-state index in [0.29, 0.717) is 5.92 Å². The molecule has 0 aromatic carbocycles. The molecule has 104 valence electrons. The number of aliphatic carboxylic acids is 1. The topological polar surface area (TPSA) is 60.9 Å². The van der Waals surface area contributed by atoms with Gasteiger partial charge in [0.05, 0.1) is 6.54 Å². The van der Waals surface area contributed by atoms with Crippen molar-refractivity contribution >= 4 is 11.9 Å². The second-order valence-corrected chi connectivity index (χ2v) is 5.40. The maximum Gasteiger partial charge on any atom is 0.317 e. The van der Waals surface area contributed by atoms with E-state index in [4.69, 9.17) is 5.11 Å². The summed E-state index contributed by atoms with van der Waals surface area (Å²) in [4.78, 5) is 26.1. The zero-order chi connectivity index (χ0) is 13.7. The van der Waals surface area contributed by atoms with Crippen molar-refractivity contribution in [1.82, 2.24) is 9.80 Å². The molecule has 0 bridgehead atoms. The largest absolute Gasteiger partial charge is 0.480 e. The van der Waals surface area contributed by atoms with E-state index in [1.165, 1.54) is 0 Å². The first-order chi connectivity index (χ1) is 8.40. The highest BCUT2D eigenvalue weighted by Crippen LogP contribution is 2.18. The van der Waals surface area contributed by atoms with Gasteiger partial charge in [-0.2, -0.15) is 0 Å². The molecule has 0 radical (unpaired) electrons. The maximum absolute atomic E-state index is 11.5. The van der Waals surface area contributed by atoms with Crippen molar-refractivity contribution in [3.8, 4) is 0 Å². The number of hydrogen-bond donors (Lipinski definition) is 1. The molecular formula is C13H24N2O3. The Morgan fingerprint density at radius 3 is 2.61 bits per heavy atom. The van der Waals surface area contributed by atoms with Crippen LogP contribution in [0.4, 0.5) is 0 Å². The van der Waals surface area contributed by atoms with Gasteiger partial charge in [0.15, 0.2) is 0 Å². The molecule has 1 atom stereocenters. The molecule has 5 nitrogen and oxygen atoms in total. The predicted octanol–water partition coefficient (Wildman–Crippen LogP) is 1.04. The second-order valence-electron chi connectivity index (χ2n) is 5.40. The van der Waals surface area contributed by atoms with E-state index in [-0.39, 0.29) is 18.5 Å². The van der Waals surface area contributed by atoms with Crippen LogP contribution in [0.25, 0.3) is 0 Å². The van der Waals surface area contributed by atoms with E-state index in [9.17, 15) is 9.59 Å². The van der Waals surface area contributed by atoms with E-state index in [2.05, 4.69) is 0 Å². The molecule has 1 N–H and O–H groups in total. The van der Waals surface area contributed by atoms with Crippen molar-refractivity contribution in [3.05, 3.63) is 0 Å². The fraction of sp³-hybridized carbons (Fsp3) is 0.846. The quantitative estimate of drug-likeness (QED) is 0.798. The van der Waals surface area contributed by atoms with Gasteiger partial charge in [0, 0.05) is 26.1 Å². The average Bonchev–Trinajstić information content (AvgIpc) is 2.24. The van der Waals surface area contributed by atoms with Crippen molar-refractivity contribution in [1.29, 1.82) is 0 Å². The summed E-state index contributed by atoms with van der Waals surface area (Å²) in [6.45, 7) is 8.10. The van der Waals surface area contributed by atoms with Gasteiger partial charge in [0.25, 0.3) is 0 Å². The molecule has 1 rings (SSSR count). The highest BCUT2D eigenvalue weighted by Gasteiger charge is 2.25. The van der Waals surface area contributed by atoms with Gasteiger partial charge < -0.3 is 10.0 Å². The molecule has 0 aromatic heterocycles. The molecule has 5 heteroatoms. The molecule has 0 aromatic rings. The Labute approximate surface area is 109 Å². The third-order valence-electron chi connectivity index (χ3n) is 3.44. The molecule has 1 heterocycles. The van der Waals surface area contributed by atoms with E-state index >= 15 is 0 Å². The normalized spacial score (nSPS) is 21.0. The SMILES string of the molecule is CC(=O)N(CC1CCCN(CC(=O)O)C1)C(C)C. The number of amides is 1. The summed E-state index contributed by atoms with van der Waals surface area (Å²) >= 11 is 0. The van der Waals surface area contributed by atoms with Crippen molar-refractivity contribution < 1.29 is 14.7 Å². The van der Waals surface area contributed by atoms with Crippen LogP contribution in [-0.2, 0) is 9.59 Å². The van der Waals surface area contributed by atoms with Gasteiger partial charge >= 0.3 is 5.97 Å². The van der Waals surface area contributed by atoms with E-state index < -0.39 is 5.97 Å². The summed E-state index contributed by atoms with van der Waals surface area (Å²) in [5.74, 6) is -0.285. The fourth-order valence-electron chi connectivity index (χ4n) is 2.62. The minimum absolute atomic E-state index is 0.0976. The van der Waals surface area contributed by atoms with Gasteiger partial charge in [-0.1, -0.05) is 0 Å². The summed E-state index contributed by atoms with van der Waals surface area (Å²) in [7, 11) is 0. The van der Waals surface area contributed by atoms with Gasteiger partial charge in [0.1, 0.15) is 0 Å². The Bertz CT molecular complexity index is 305.